The zero-order valence-electron chi connectivity index (χ0n) is 32.2. The molecule has 0 heterocycles. The van der Waals surface area contributed by atoms with Crippen LogP contribution < -0.4 is 0 Å². The summed E-state index contributed by atoms with van der Waals surface area (Å²) in [7, 11) is 11.8. The topological polar surface area (TPSA) is 26.3 Å². The maximum atomic E-state index is 11.1. The molecule has 0 atom stereocenters. The number of hydrogen-bond donors (Lipinski definition) is 0. The van der Waals surface area contributed by atoms with Crippen molar-refractivity contribution in [2.45, 2.75) is 245 Å². The van der Waals surface area contributed by atoms with Gasteiger partial charge in [-0.05, 0) is 111 Å². The number of carbonyl (C=O) groups excluding carboxylic acids is 1. The van der Waals surface area contributed by atoms with Crippen LogP contribution in [0.15, 0.2) is 0 Å². The molecule has 0 aromatic heterocycles. The molecule has 0 amide bonds. The fraction of sp³-hybridized carbons (Fsp3) is 0.952. The molecule has 0 aliphatic heterocycles. The molecule has 0 unspecified atom stereocenters. The minimum atomic E-state index is -1.79. The van der Waals surface area contributed by atoms with Gasteiger partial charge in [0.05, 0.1) is 0 Å². The van der Waals surface area contributed by atoms with Crippen LogP contribution in [-0.2, 0) is 23.0 Å². The van der Waals surface area contributed by atoms with E-state index in [2.05, 4.69) is 15.9 Å². The molecule has 6 fully saturated rings. The Morgan fingerprint density at radius 2 is 0.760 bits per heavy atom. The molecule has 0 aromatic rings. The van der Waals surface area contributed by atoms with Gasteiger partial charge in [0, 0.05) is 0 Å². The Kier molecular flexibility index (Phi) is 22.5. The molecule has 0 spiro atoms. The molecule has 0 aromatic carbocycles. The van der Waals surface area contributed by atoms with E-state index in [-0.39, 0.29) is 12.6 Å². The Morgan fingerprint density at radius 3 is 0.940 bits per heavy atom. The van der Waals surface area contributed by atoms with Gasteiger partial charge in [-0.2, -0.15) is 0 Å². The van der Waals surface area contributed by atoms with E-state index in [0.29, 0.717) is 15.8 Å². The van der Waals surface area contributed by atoms with Crippen LogP contribution in [0.2, 0.25) is 0 Å². The van der Waals surface area contributed by atoms with Crippen LogP contribution in [0.1, 0.15) is 206 Å². The molecule has 8 heteroatoms. The second-order valence-corrected chi connectivity index (χ2v) is 31.2. The number of rotatable bonds is 9. The molecule has 6 saturated carbocycles. The number of esters is 1. The predicted molar refractivity (Wildman–Crippen MR) is 227 cm³/mol. The van der Waals surface area contributed by atoms with E-state index in [9.17, 15) is 4.79 Å². The molecular formula is C42H75BrCl2O2P2Ru. The molecule has 50 heavy (non-hydrogen) atoms. The van der Waals surface area contributed by atoms with E-state index in [1.165, 1.54) is 72.5 Å². The zero-order chi connectivity index (χ0) is 35.6. The van der Waals surface area contributed by atoms with Crippen molar-refractivity contribution in [3.63, 3.8) is 0 Å². The van der Waals surface area contributed by atoms with Gasteiger partial charge in [0.25, 0.3) is 0 Å². The van der Waals surface area contributed by atoms with Crippen LogP contribution in [0.4, 0.5) is 0 Å². The first-order chi connectivity index (χ1) is 24.2. The number of ether oxygens (including phenoxy) is 1. The molecule has 6 aliphatic carbocycles. The van der Waals surface area contributed by atoms with Crippen LogP contribution in [0, 0.1) is 0 Å². The first-order valence-corrected chi connectivity index (χ1v) is 30.8. The van der Waals surface area contributed by atoms with Gasteiger partial charge in [0.15, 0.2) is 0 Å². The van der Waals surface area contributed by atoms with E-state index in [1.54, 1.807) is 173 Å². The fourth-order valence-electron chi connectivity index (χ4n) is 10.4. The van der Waals surface area contributed by atoms with Gasteiger partial charge >= 0.3 is 93.7 Å². The summed E-state index contributed by atoms with van der Waals surface area (Å²) in [6, 6.07) is 0. The summed E-state index contributed by atoms with van der Waals surface area (Å²) in [5, 5.41) is 0. The van der Waals surface area contributed by atoms with Crippen molar-refractivity contribution in [2.24, 2.45) is 0 Å². The number of halogens is 3. The van der Waals surface area contributed by atoms with E-state index >= 15 is 0 Å². The van der Waals surface area contributed by atoms with Gasteiger partial charge in [-0.15, -0.1) is 0 Å². The Morgan fingerprint density at radius 1 is 0.540 bits per heavy atom. The van der Waals surface area contributed by atoms with Gasteiger partial charge < -0.3 is 0 Å². The minimum absolute atomic E-state index is 0.194. The van der Waals surface area contributed by atoms with Crippen LogP contribution >= 0.6 is 51.2 Å². The molecule has 6 rings (SSSR count). The SMILES string of the molecule is C1CCC(P(C2CCCCC2)C2CCCCC2)CC1.C1CCC(P(C2CCCCC2)C2CCCCC2)CC1.CC(C)(Br)C(=O)OC[CH]=[Ru]([Cl])[Cl]. The summed E-state index contributed by atoms with van der Waals surface area (Å²) in [4.78, 5) is 11.1. The van der Waals surface area contributed by atoms with Gasteiger partial charge in [0.2, 0.25) is 0 Å². The third-order valence-electron chi connectivity index (χ3n) is 12.8. The molecule has 6 aliphatic rings. The van der Waals surface area contributed by atoms with Crippen molar-refractivity contribution < 1.29 is 23.0 Å². The van der Waals surface area contributed by atoms with Crippen molar-refractivity contribution in [1.82, 2.24) is 0 Å². The molecule has 0 saturated heterocycles. The fourth-order valence-corrected chi connectivity index (χ4v) is 20.7. The molecule has 0 N–H and O–H groups in total. The summed E-state index contributed by atoms with van der Waals surface area (Å²) in [5.74, 6) is -0.317. The third-order valence-corrected chi connectivity index (χ3v) is 23.4. The van der Waals surface area contributed by atoms with Crippen molar-refractivity contribution in [3.8, 4) is 0 Å². The van der Waals surface area contributed by atoms with Gasteiger partial charge in [-0.3, -0.25) is 0 Å². The molecular weight excluding hydrogens is 850 g/mol. The predicted octanol–water partition coefficient (Wildman–Crippen LogP) is 15.4. The van der Waals surface area contributed by atoms with Crippen molar-refractivity contribution in [1.29, 1.82) is 0 Å². The third kappa shape index (κ3) is 16.2. The number of alkyl halides is 1. The number of hydrogen-bond acceptors (Lipinski definition) is 2. The second-order valence-electron chi connectivity index (χ2n) is 17.1. The van der Waals surface area contributed by atoms with Crippen molar-refractivity contribution in [3.05, 3.63) is 0 Å². The quantitative estimate of drug-likeness (QED) is 0.0997. The molecule has 294 valence electrons. The summed E-state index contributed by atoms with van der Waals surface area (Å²) in [6.07, 6.45) is 47.2. The van der Waals surface area contributed by atoms with Crippen LogP contribution in [0.25, 0.3) is 0 Å². The van der Waals surface area contributed by atoms with Crippen LogP contribution in [0.3, 0.4) is 0 Å². The Labute approximate surface area is 333 Å². The Balaban J connectivity index is 0.000000174. The second kappa shape index (κ2) is 25.2. The first kappa shape index (κ1) is 44.6. The van der Waals surface area contributed by atoms with E-state index in [4.69, 9.17) is 24.1 Å². The van der Waals surface area contributed by atoms with E-state index < -0.39 is 17.8 Å². The maximum absolute atomic E-state index is 11.1. The van der Waals surface area contributed by atoms with Crippen molar-refractivity contribution in [2.75, 3.05) is 6.61 Å². The molecule has 0 radical (unpaired) electrons. The van der Waals surface area contributed by atoms with Gasteiger partial charge in [-0.1, -0.05) is 131 Å². The average molecular weight is 926 g/mol. The van der Waals surface area contributed by atoms with Crippen LogP contribution in [0.5, 0.6) is 0 Å². The Bertz CT molecular complexity index is 800. The van der Waals surface area contributed by atoms with Crippen LogP contribution in [-0.4, -0.2) is 55.5 Å². The summed E-state index contributed by atoms with van der Waals surface area (Å²) >= 11 is 1.37. The Hall–Kier alpha value is 1.88. The monoisotopic (exact) mass is 924 g/mol. The normalized spacial score (nSPS) is 24.9. The summed E-state index contributed by atoms with van der Waals surface area (Å²) < 4.78 is 5.83. The number of carbonyl (C=O) groups is 1. The van der Waals surface area contributed by atoms with Crippen molar-refractivity contribution >= 4 is 61.7 Å². The van der Waals surface area contributed by atoms with Gasteiger partial charge in [0.1, 0.15) is 0 Å². The molecule has 2 nitrogen and oxygen atoms in total. The summed E-state index contributed by atoms with van der Waals surface area (Å²) in [6.45, 7) is 3.62. The van der Waals surface area contributed by atoms with E-state index in [1.807, 2.05) is 0 Å². The van der Waals surface area contributed by atoms with Gasteiger partial charge in [-0.25, -0.2) is 0 Å². The molecule has 0 bridgehead atoms. The zero-order valence-corrected chi connectivity index (χ0v) is 38.8. The average Bonchev–Trinajstić information content (AvgIpc) is 3.15. The first-order valence-electron chi connectivity index (χ1n) is 21.5. The standard InChI is InChI=1S/2C18H33P.C6H9BrO2.2ClH.Ru/c2*1-4-10-16(11-5-1)19(17-12-6-2-7-13-17)18-14-8-3-9-15-18;1-4-9-5(8)6(2,3)7;;;/h2*16-18H,1-15H2;1H,4H2,2-3H3;2*1H;/q;;;;;+2/p-2. The summed E-state index contributed by atoms with van der Waals surface area (Å²) in [5.41, 5.74) is 7.14. The van der Waals surface area contributed by atoms with E-state index in [0.717, 1.165) is 0 Å².